The highest BCUT2D eigenvalue weighted by molar-refractivity contribution is 5.92. The number of hydrogen-bond donors (Lipinski definition) is 2. The third-order valence-electron chi connectivity index (χ3n) is 2.55. The molecule has 6 heteroatoms. The molecule has 0 radical (unpaired) electrons. The zero-order valence-corrected chi connectivity index (χ0v) is 10.6. The molecule has 1 amide bonds. The van der Waals surface area contributed by atoms with Crippen molar-refractivity contribution in [1.82, 2.24) is 25.5 Å². The average molecular weight is 245 g/mol. The Balaban J connectivity index is 2.17. The number of carbonyl (C=O) groups is 1. The molecular weight excluding hydrogens is 230 g/mol. The zero-order valence-electron chi connectivity index (χ0n) is 10.6. The molecule has 0 aliphatic heterocycles. The molecule has 2 N–H and O–H groups in total. The van der Waals surface area contributed by atoms with Crippen molar-refractivity contribution in [2.45, 2.75) is 26.3 Å². The summed E-state index contributed by atoms with van der Waals surface area (Å²) in [6.07, 6.45) is 1.41. The van der Waals surface area contributed by atoms with Crippen LogP contribution in [0.15, 0.2) is 24.5 Å². The second-order valence-electron chi connectivity index (χ2n) is 4.58. The number of rotatable bonds is 3. The smallest absolute Gasteiger partial charge is 0.270 e. The number of pyridine rings is 1. The van der Waals surface area contributed by atoms with Crippen molar-refractivity contribution in [1.29, 1.82) is 0 Å². The lowest BCUT2D eigenvalue weighted by atomic mass is 10.0. The Bertz CT molecular complexity index is 547. The first-order valence-electron chi connectivity index (χ1n) is 5.61. The third-order valence-corrected chi connectivity index (χ3v) is 2.55. The topological polar surface area (TPSA) is 83.6 Å². The Hall–Kier alpha value is -2.24. The fourth-order valence-electron chi connectivity index (χ4n) is 1.58. The van der Waals surface area contributed by atoms with Gasteiger partial charge in [0, 0.05) is 5.69 Å². The van der Waals surface area contributed by atoms with Gasteiger partial charge in [0.15, 0.2) is 0 Å². The van der Waals surface area contributed by atoms with Gasteiger partial charge in [-0.15, -0.1) is 0 Å². The van der Waals surface area contributed by atoms with Crippen LogP contribution in [0.4, 0.5) is 0 Å². The van der Waals surface area contributed by atoms with Crippen molar-refractivity contribution in [3.8, 4) is 0 Å². The molecule has 94 valence electrons. The van der Waals surface area contributed by atoms with Crippen LogP contribution in [0, 0.1) is 6.92 Å². The van der Waals surface area contributed by atoms with E-state index in [1.165, 1.54) is 6.33 Å². The Morgan fingerprint density at radius 2 is 2.17 bits per heavy atom. The van der Waals surface area contributed by atoms with Gasteiger partial charge in [0.25, 0.3) is 5.91 Å². The lowest BCUT2D eigenvalue weighted by Gasteiger charge is -2.23. The number of aryl methyl sites for hydroxylation is 1. The molecule has 0 bridgehead atoms. The number of carbonyl (C=O) groups excluding carboxylic acids is 1. The summed E-state index contributed by atoms with van der Waals surface area (Å²) in [5, 5.41) is 9.40. The first kappa shape index (κ1) is 12.2. The molecule has 0 aliphatic carbocycles. The molecule has 0 unspecified atom stereocenters. The molecule has 0 aromatic carbocycles. The van der Waals surface area contributed by atoms with Crippen LogP contribution in [0.3, 0.4) is 0 Å². The Kier molecular flexibility index (Phi) is 3.10. The van der Waals surface area contributed by atoms with Crippen LogP contribution >= 0.6 is 0 Å². The standard InChI is InChI=1S/C12H15N5O/c1-8-5-4-6-9(15-8)10(18)16-12(2,3)11-13-7-14-17-11/h4-7H,1-3H3,(H,16,18)(H,13,14,17). The molecule has 0 saturated carbocycles. The number of amides is 1. The summed E-state index contributed by atoms with van der Waals surface area (Å²) in [7, 11) is 0. The van der Waals surface area contributed by atoms with E-state index >= 15 is 0 Å². The van der Waals surface area contributed by atoms with E-state index in [0.29, 0.717) is 11.5 Å². The van der Waals surface area contributed by atoms with Crippen molar-refractivity contribution >= 4 is 5.91 Å². The van der Waals surface area contributed by atoms with E-state index in [4.69, 9.17) is 0 Å². The molecule has 0 aliphatic rings. The monoisotopic (exact) mass is 245 g/mol. The van der Waals surface area contributed by atoms with E-state index < -0.39 is 5.54 Å². The summed E-state index contributed by atoms with van der Waals surface area (Å²) in [6, 6.07) is 5.33. The van der Waals surface area contributed by atoms with Gasteiger partial charge >= 0.3 is 0 Å². The highest BCUT2D eigenvalue weighted by Crippen LogP contribution is 2.15. The van der Waals surface area contributed by atoms with Crippen LogP contribution in [0.2, 0.25) is 0 Å². The van der Waals surface area contributed by atoms with E-state index in [1.54, 1.807) is 12.1 Å². The number of nitrogens with one attached hydrogen (secondary N) is 2. The maximum absolute atomic E-state index is 12.1. The van der Waals surface area contributed by atoms with Gasteiger partial charge in [-0.2, -0.15) is 5.10 Å². The minimum Gasteiger partial charge on any atom is -0.339 e. The number of aromatic amines is 1. The number of H-pyrrole nitrogens is 1. The molecule has 0 spiro atoms. The molecule has 0 atom stereocenters. The van der Waals surface area contributed by atoms with Gasteiger partial charge in [-0.25, -0.2) is 9.97 Å². The predicted molar refractivity (Wildman–Crippen MR) is 65.8 cm³/mol. The van der Waals surface area contributed by atoms with E-state index in [9.17, 15) is 4.79 Å². The largest absolute Gasteiger partial charge is 0.339 e. The maximum atomic E-state index is 12.1. The molecule has 0 fully saturated rings. The first-order valence-corrected chi connectivity index (χ1v) is 5.61. The van der Waals surface area contributed by atoms with Gasteiger partial charge in [0.2, 0.25) is 0 Å². The molecule has 18 heavy (non-hydrogen) atoms. The molecule has 2 aromatic heterocycles. The third kappa shape index (κ3) is 2.53. The Morgan fingerprint density at radius 3 is 2.78 bits per heavy atom. The molecular formula is C12H15N5O. The first-order chi connectivity index (χ1) is 8.49. The van der Waals surface area contributed by atoms with Gasteiger partial charge in [-0.05, 0) is 32.9 Å². The summed E-state index contributed by atoms with van der Waals surface area (Å²) in [4.78, 5) is 20.3. The zero-order chi connectivity index (χ0) is 13.2. The molecule has 0 saturated heterocycles. The van der Waals surface area contributed by atoms with E-state index in [2.05, 4.69) is 25.5 Å². The summed E-state index contributed by atoms with van der Waals surface area (Å²) in [6.45, 7) is 5.54. The van der Waals surface area contributed by atoms with Gasteiger partial charge in [-0.3, -0.25) is 9.89 Å². The highest BCUT2D eigenvalue weighted by atomic mass is 16.2. The Morgan fingerprint density at radius 1 is 1.39 bits per heavy atom. The predicted octanol–water partition coefficient (Wildman–Crippen LogP) is 1.17. The maximum Gasteiger partial charge on any atom is 0.270 e. The summed E-state index contributed by atoms with van der Waals surface area (Å²) >= 11 is 0. The van der Waals surface area contributed by atoms with Crippen molar-refractivity contribution in [3.63, 3.8) is 0 Å². The molecule has 2 aromatic rings. The normalized spacial score (nSPS) is 11.3. The van der Waals surface area contributed by atoms with Crippen LogP contribution < -0.4 is 5.32 Å². The van der Waals surface area contributed by atoms with Crippen molar-refractivity contribution in [3.05, 3.63) is 41.7 Å². The Labute approximate surface area is 105 Å². The summed E-state index contributed by atoms with van der Waals surface area (Å²) in [5.41, 5.74) is 0.571. The van der Waals surface area contributed by atoms with E-state index in [1.807, 2.05) is 26.8 Å². The van der Waals surface area contributed by atoms with Crippen LogP contribution in [0.1, 0.15) is 35.9 Å². The van der Waals surface area contributed by atoms with Crippen molar-refractivity contribution < 1.29 is 4.79 Å². The quantitative estimate of drug-likeness (QED) is 0.850. The lowest BCUT2D eigenvalue weighted by molar-refractivity contribution is 0.0903. The summed E-state index contributed by atoms with van der Waals surface area (Å²) in [5.74, 6) is 0.364. The minimum absolute atomic E-state index is 0.236. The number of aromatic nitrogens is 4. The van der Waals surface area contributed by atoms with Gasteiger partial charge < -0.3 is 5.32 Å². The van der Waals surface area contributed by atoms with Crippen LogP contribution in [0.5, 0.6) is 0 Å². The molecule has 6 nitrogen and oxygen atoms in total. The van der Waals surface area contributed by atoms with Crippen molar-refractivity contribution in [2.24, 2.45) is 0 Å². The van der Waals surface area contributed by atoms with Crippen LogP contribution in [0.25, 0.3) is 0 Å². The fourth-order valence-corrected chi connectivity index (χ4v) is 1.58. The van der Waals surface area contributed by atoms with Gasteiger partial charge in [0.1, 0.15) is 17.8 Å². The second-order valence-corrected chi connectivity index (χ2v) is 4.58. The fraction of sp³-hybridized carbons (Fsp3) is 0.333. The number of hydrogen-bond acceptors (Lipinski definition) is 4. The molecule has 2 rings (SSSR count). The van der Waals surface area contributed by atoms with Crippen molar-refractivity contribution in [2.75, 3.05) is 0 Å². The van der Waals surface area contributed by atoms with Gasteiger partial charge in [-0.1, -0.05) is 6.07 Å². The second kappa shape index (κ2) is 4.56. The molecule has 2 heterocycles. The minimum atomic E-state index is -0.626. The van der Waals surface area contributed by atoms with E-state index in [0.717, 1.165) is 5.69 Å². The average Bonchev–Trinajstić information content (AvgIpc) is 2.82. The van der Waals surface area contributed by atoms with Crippen LogP contribution in [-0.2, 0) is 5.54 Å². The lowest BCUT2D eigenvalue weighted by Crippen LogP contribution is -2.42. The SMILES string of the molecule is Cc1cccc(C(=O)NC(C)(C)c2ncn[nH]2)n1. The van der Waals surface area contributed by atoms with Gasteiger partial charge in [0.05, 0.1) is 5.54 Å². The van der Waals surface area contributed by atoms with E-state index in [-0.39, 0.29) is 5.91 Å². The number of nitrogens with zero attached hydrogens (tertiary/aromatic N) is 3. The van der Waals surface area contributed by atoms with Crippen LogP contribution in [-0.4, -0.2) is 26.1 Å². The summed E-state index contributed by atoms with van der Waals surface area (Å²) < 4.78 is 0. The highest BCUT2D eigenvalue weighted by Gasteiger charge is 2.26.